The normalized spacial score (nSPS) is 10.9. The number of pyridine rings is 1. The Bertz CT molecular complexity index is 690. The SMILES string of the molecule is Nc1cc(-c2cncc(Br)c2)c2nc[nH]c2c1. The molecular weight excluding hydrogens is 280 g/mol. The lowest BCUT2D eigenvalue weighted by molar-refractivity contribution is 1.31. The Morgan fingerprint density at radius 1 is 1.18 bits per heavy atom. The zero-order valence-corrected chi connectivity index (χ0v) is 10.4. The number of halogens is 1. The molecule has 3 N–H and O–H groups in total. The predicted octanol–water partition coefficient (Wildman–Crippen LogP) is 2.97. The number of aromatic amines is 1. The van der Waals surface area contributed by atoms with E-state index in [-0.39, 0.29) is 0 Å². The third-order valence-electron chi connectivity index (χ3n) is 2.56. The molecule has 3 rings (SSSR count). The minimum atomic E-state index is 0.705. The van der Waals surface area contributed by atoms with Crippen molar-refractivity contribution in [2.75, 3.05) is 5.73 Å². The number of nitrogens with two attached hydrogens (primary N) is 1. The first-order chi connectivity index (χ1) is 8.24. The fourth-order valence-electron chi connectivity index (χ4n) is 1.85. The van der Waals surface area contributed by atoms with Crippen molar-refractivity contribution in [1.29, 1.82) is 0 Å². The topological polar surface area (TPSA) is 67.6 Å². The number of hydrogen-bond acceptors (Lipinski definition) is 3. The van der Waals surface area contributed by atoms with Crippen molar-refractivity contribution in [3.8, 4) is 11.1 Å². The average Bonchev–Trinajstić information content (AvgIpc) is 2.75. The van der Waals surface area contributed by atoms with E-state index in [9.17, 15) is 0 Å². The van der Waals surface area contributed by atoms with Crippen molar-refractivity contribution >= 4 is 32.7 Å². The van der Waals surface area contributed by atoms with Gasteiger partial charge in [0, 0.05) is 33.7 Å². The zero-order valence-electron chi connectivity index (χ0n) is 8.81. The monoisotopic (exact) mass is 288 g/mol. The van der Waals surface area contributed by atoms with E-state index in [2.05, 4.69) is 30.9 Å². The number of hydrogen-bond donors (Lipinski definition) is 2. The number of fused-ring (bicyclic) bond motifs is 1. The first-order valence-corrected chi connectivity index (χ1v) is 5.87. The molecule has 2 aromatic heterocycles. The Kier molecular flexibility index (Phi) is 2.33. The smallest absolute Gasteiger partial charge is 0.0962 e. The number of nitrogens with zero attached hydrogens (tertiary/aromatic N) is 2. The number of nitrogen functional groups attached to an aromatic ring is 1. The number of aromatic nitrogens is 3. The molecule has 0 unspecified atom stereocenters. The molecule has 3 aromatic rings. The van der Waals surface area contributed by atoms with Gasteiger partial charge in [0.2, 0.25) is 0 Å². The number of benzene rings is 1. The van der Waals surface area contributed by atoms with E-state index >= 15 is 0 Å². The average molecular weight is 289 g/mol. The van der Waals surface area contributed by atoms with Crippen LogP contribution in [0.5, 0.6) is 0 Å². The maximum atomic E-state index is 5.88. The summed E-state index contributed by atoms with van der Waals surface area (Å²) < 4.78 is 0.932. The van der Waals surface area contributed by atoms with Gasteiger partial charge in [0.25, 0.3) is 0 Å². The lowest BCUT2D eigenvalue weighted by Gasteiger charge is -2.04. The Labute approximate surface area is 106 Å². The summed E-state index contributed by atoms with van der Waals surface area (Å²) in [6.45, 7) is 0. The van der Waals surface area contributed by atoms with Gasteiger partial charge in [-0.2, -0.15) is 0 Å². The van der Waals surface area contributed by atoms with Crippen molar-refractivity contribution in [1.82, 2.24) is 15.0 Å². The molecule has 0 saturated heterocycles. The van der Waals surface area contributed by atoms with Gasteiger partial charge in [-0.1, -0.05) is 0 Å². The Morgan fingerprint density at radius 3 is 2.88 bits per heavy atom. The number of anilines is 1. The number of H-pyrrole nitrogens is 1. The first-order valence-electron chi connectivity index (χ1n) is 5.07. The van der Waals surface area contributed by atoms with Crippen LogP contribution in [-0.4, -0.2) is 15.0 Å². The van der Waals surface area contributed by atoms with Crippen LogP contribution >= 0.6 is 15.9 Å². The van der Waals surface area contributed by atoms with E-state index in [1.807, 2.05) is 18.2 Å². The lowest BCUT2D eigenvalue weighted by Crippen LogP contribution is -1.88. The van der Waals surface area contributed by atoms with E-state index in [0.29, 0.717) is 5.69 Å². The van der Waals surface area contributed by atoms with Crippen molar-refractivity contribution < 1.29 is 0 Å². The highest BCUT2D eigenvalue weighted by molar-refractivity contribution is 9.10. The molecule has 4 nitrogen and oxygen atoms in total. The first kappa shape index (κ1) is 10.3. The molecule has 0 amide bonds. The van der Waals surface area contributed by atoms with Gasteiger partial charge in [-0.25, -0.2) is 4.98 Å². The standard InChI is InChI=1S/C12H9BrN4/c13-8-1-7(4-15-5-8)10-2-9(14)3-11-12(10)17-6-16-11/h1-6H,14H2,(H,16,17). The summed E-state index contributed by atoms with van der Waals surface area (Å²) in [5.74, 6) is 0. The van der Waals surface area contributed by atoms with Gasteiger partial charge in [-0.15, -0.1) is 0 Å². The minimum absolute atomic E-state index is 0.705. The van der Waals surface area contributed by atoms with Crippen molar-refractivity contribution in [3.63, 3.8) is 0 Å². The molecule has 0 saturated carbocycles. The molecule has 17 heavy (non-hydrogen) atoms. The highest BCUT2D eigenvalue weighted by Gasteiger charge is 2.08. The van der Waals surface area contributed by atoms with E-state index in [4.69, 9.17) is 5.73 Å². The van der Waals surface area contributed by atoms with Crippen molar-refractivity contribution in [2.24, 2.45) is 0 Å². The van der Waals surface area contributed by atoms with E-state index in [0.717, 1.165) is 26.6 Å². The van der Waals surface area contributed by atoms with Gasteiger partial charge in [0.1, 0.15) is 0 Å². The van der Waals surface area contributed by atoms with Crippen LogP contribution in [0, 0.1) is 0 Å². The van der Waals surface area contributed by atoms with Crippen molar-refractivity contribution in [3.05, 3.63) is 41.4 Å². The van der Waals surface area contributed by atoms with Crippen molar-refractivity contribution in [2.45, 2.75) is 0 Å². The molecule has 1 aromatic carbocycles. The quantitative estimate of drug-likeness (QED) is 0.677. The van der Waals surface area contributed by atoms with Gasteiger partial charge in [0.15, 0.2) is 0 Å². The molecule has 5 heteroatoms. The molecule has 0 spiro atoms. The van der Waals surface area contributed by atoms with Gasteiger partial charge in [-0.3, -0.25) is 4.98 Å². The molecule has 0 fully saturated rings. The molecule has 0 aliphatic heterocycles. The van der Waals surface area contributed by atoms with Crippen LogP contribution < -0.4 is 5.73 Å². The molecule has 0 radical (unpaired) electrons. The minimum Gasteiger partial charge on any atom is -0.399 e. The maximum absolute atomic E-state index is 5.88. The fraction of sp³-hybridized carbons (Fsp3) is 0. The van der Waals surface area contributed by atoms with Crippen LogP contribution in [0.2, 0.25) is 0 Å². The lowest BCUT2D eigenvalue weighted by atomic mass is 10.1. The molecule has 0 aliphatic carbocycles. The zero-order chi connectivity index (χ0) is 11.8. The summed E-state index contributed by atoms with van der Waals surface area (Å²) in [7, 11) is 0. The van der Waals surface area contributed by atoms with Crippen LogP contribution in [0.1, 0.15) is 0 Å². The summed E-state index contributed by atoms with van der Waals surface area (Å²) in [6, 6.07) is 5.78. The van der Waals surface area contributed by atoms with E-state index in [1.165, 1.54) is 0 Å². The molecule has 0 aliphatic rings. The predicted molar refractivity (Wildman–Crippen MR) is 71.4 cm³/mol. The van der Waals surface area contributed by atoms with Gasteiger partial charge in [-0.05, 0) is 34.1 Å². The van der Waals surface area contributed by atoms with Gasteiger partial charge in [0.05, 0.1) is 17.4 Å². The van der Waals surface area contributed by atoms with Crippen LogP contribution in [0.15, 0.2) is 41.4 Å². The molecule has 0 bridgehead atoms. The Hall–Kier alpha value is -1.88. The largest absolute Gasteiger partial charge is 0.399 e. The highest BCUT2D eigenvalue weighted by Crippen LogP contribution is 2.29. The molecule has 2 heterocycles. The second-order valence-corrected chi connectivity index (χ2v) is 4.67. The summed E-state index contributed by atoms with van der Waals surface area (Å²) in [5, 5.41) is 0. The Morgan fingerprint density at radius 2 is 2.06 bits per heavy atom. The summed E-state index contributed by atoms with van der Waals surface area (Å²) in [6.07, 6.45) is 5.21. The molecular formula is C12H9BrN4. The number of nitrogens with one attached hydrogen (secondary N) is 1. The highest BCUT2D eigenvalue weighted by atomic mass is 79.9. The number of imidazole rings is 1. The van der Waals surface area contributed by atoms with Crippen LogP contribution in [0.25, 0.3) is 22.2 Å². The summed E-state index contributed by atoms with van der Waals surface area (Å²) in [5.41, 5.74) is 10.4. The van der Waals surface area contributed by atoms with Crippen LogP contribution in [0.3, 0.4) is 0 Å². The molecule has 84 valence electrons. The Balaban J connectivity index is 2.32. The summed E-state index contributed by atoms with van der Waals surface area (Å²) in [4.78, 5) is 11.5. The fourth-order valence-corrected chi connectivity index (χ4v) is 2.22. The van der Waals surface area contributed by atoms with Crippen LogP contribution in [-0.2, 0) is 0 Å². The maximum Gasteiger partial charge on any atom is 0.0962 e. The third-order valence-corrected chi connectivity index (χ3v) is 3.00. The van der Waals surface area contributed by atoms with E-state index in [1.54, 1.807) is 18.7 Å². The molecule has 0 atom stereocenters. The summed E-state index contributed by atoms with van der Waals surface area (Å²) >= 11 is 3.41. The van der Waals surface area contributed by atoms with Gasteiger partial charge < -0.3 is 10.7 Å². The third kappa shape index (κ3) is 1.78. The van der Waals surface area contributed by atoms with Crippen LogP contribution in [0.4, 0.5) is 5.69 Å². The van der Waals surface area contributed by atoms with Gasteiger partial charge >= 0.3 is 0 Å². The van der Waals surface area contributed by atoms with E-state index < -0.39 is 0 Å². The number of rotatable bonds is 1. The second-order valence-electron chi connectivity index (χ2n) is 3.76. The second kappa shape index (κ2) is 3.85.